The van der Waals surface area contributed by atoms with Crippen molar-refractivity contribution in [1.82, 2.24) is 14.2 Å². The Morgan fingerprint density at radius 2 is 1.79 bits per heavy atom. The van der Waals surface area contributed by atoms with Crippen LogP contribution in [0.3, 0.4) is 0 Å². The maximum atomic E-state index is 13.2. The largest absolute Gasteiger partial charge is 0.375 e. The lowest BCUT2D eigenvalue weighted by molar-refractivity contribution is 0.0952. The smallest absolute Gasteiger partial charge is 0.256 e. The first-order valence-electron chi connectivity index (χ1n) is 11.5. The maximum Gasteiger partial charge on any atom is 0.256 e. The second kappa shape index (κ2) is 9.99. The maximum absolute atomic E-state index is 13.2. The molecule has 0 saturated carbocycles. The summed E-state index contributed by atoms with van der Waals surface area (Å²) in [5.74, 6) is -0.460. The Balaban J connectivity index is 1.50. The SMILES string of the molecule is CN(CCCNC(=O)c1cn(C)c2ccc(S(=O)(=O)N3CCCC3)cc2c1=O)c1ccccc1. The summed E-state index contributed by atoms with van der Waals surface area (Å²) in [6, 6.07) is 14.5. The van der Waals surface area contributed by atoms with Gasteiger partial charge in [0.1, 0.15) is 5.56 Å². The van der Waals surface area contributed by atoms with Crippen LogP contribution in [0.4, 0.5) is 5.69 Å². The minimum atomic E-state index is -3.66. The molecule has 1 aliphatic rings. The van der Waals surface area contributed by atoms with Gasteiger partial charge in [0.2, 0.25) is 15.5 Å². The van der Waals surface area contributed by atoms with Gasteiger partial charge in [0.25, 0.3) is 5.91 Å². The number of fused-ring (bicyclic) bond motifs is 1. The highest BCUT2D eigenvalue weighted by atomic mass is 32.2. The highest BCUT2D eigenvalue weighted by molar-refractivity contribution is 7.89. The van der Waals surface area contributed by atoms with E-state index >= 15 is 0 Å². The third-order valence-electron chi connectivity index (χ3n) is 6.26. The van der Waals surface area contributed by atoms with Crippen LogP contribution < -0.4 is 15.6 Å². The number of hydrogen-bond acceptors (Lipinski definition) is 5. The van der Waals surface area contributed by atoms with Crippen molar-refractivity contribution in [2.24, 2.45) is 7.05 Å². The Morgan fingerprint density at radius 1 is 1.09 bits per heavy atom. The average Bonchev–Trinajstić information content (AvgIpc) is 3.40. The van der Waals surface area contributed by atoms with Gasteiger partial charge in [-0.25, -0.2) is 8.42 Å². The van der Waals surface area contributed by atoms with Gasteiger partial charge in [0, 0.05) is 57.5 Å². The van der Waals surface area contributed by atoms with E-state index in [1.807, 2.05) is 37.4 Å². The number of sulfonamides is 1. The fourth-order valence-electron chi connectivity index (χ4n) is 4.30. The molecular formula is C25H30N4O4S. The molecule has 1 amide bonds. The number of pyridine rings is 1. The molecule has 0 radical (unpaired) electrons. The first kappa shape index (κ1) is 24.0. The van der Waals surface area contributed by atoms with Crippen molar-refractivity contribution in [2.75, 3.05) is 38.1 Å². The zero-order valence-corrected chi connectivity index (χ0v) is 20.3. The lowest BCUT2D eigenvalue weighted by Gasteiger charge is -2.19. The van der Waals surface area contributed by atoms with E-state index < -0.39 is 21.4 Å². The van der Waals surface area contributed by atoms with E-state index in [2.05, 4.69) is 10.2 Å². The van der Waals surface area contributed by atoms with Gasteiger partial charge in [-0.05, 0) is 49.6 Å². The predicted octanol–water partition coefficient (Wildman–Crippen LogP) is 2.58. The van der Waals surface area contributed by atoms with Crippen molar-refractivity contribution in [3.8, 4) is 0 Å². The number of anilines is 1. The lowest BCUT2D eigenvalue weighted by Crippen LogP contribution is -2.32. The molecule has 180 valence electrons. The normalized spacial score (nSPS) is 14.4. The van der Waals surface area contributed by atoms with Gasteiger partial charge in [-0.3, -0.25) is 9.59 Å². The average molecular weight is 483 g/mol. The van der Waals surface area contributed by atoms with Gasteiger partial charge < -0.3 is 14.8 Å². The summed E-state index contributed by atoms with van der Waals surface area (Å²) >= 11 is 0. The Kier molecular flexibility index (Phi) is 7.04. The summed E-state index contributed by atoms with van der Waals surface area (Å²) in [6.45, 7) is 2.14. The summed E-state index contributed by atoms with van der Waals surface area (Å²) in [6.07, 6.45) is 3.88. The number of hydrogen-bond donors (Lipinski definition) is 1. The van der Waals surface area contributed by atoms with Crippen LogP contribution in [0.1, 0.15) is 29.6 Å². The van der Waals surface area contributed by atoms with Crippen molar-refractivity contribution in [3.05, 3.63) is 70.5 Å². The first-order chi connectivity index (χ1) is 16.3. The molecular weight excluding hydrogens is 452 g/mol. The van der Waals surface area contributed by atoms with Crippen LogP contribution in [0.15, 0.2) is 64.4 Å². The number of carbonyl (C=O) groups is 1. The number of amides is 1. The summed E-state index contributed by atoms with van der Waals surface area (Å²) in [5.41, 5.74) is 1.20. The molecule has 9 heteroatoms. The van der Waals surface area contributed by atoms with E-state index in [0.29, 0.717) is 31.6 Å². The molecule has 0 bridgehead atoms. The minimum absolute atomic E-state index is 0.00198. The highest BCUT2D eigenvalue weighted by Gasteiger charge is 2.28. The molecule has 1 fully saturated rings. The second-order valence-electron chi connectivity index (χ2n) is 8.64. The molecule has 1 saturated heterocycles. The molecule has 0 atom stereocenters. The number of aryl methyl sites for hydroxylation is 1. The number of nitrogens with one attached hydrogen (secondary N) is 1. The molecule has 8 nitrogen and oxygen atoms in total. The topological polar surface area (TPSA) is 91.7 Å². The Labute approximate surface area is 199 Å². The number of benzene rings is 2. The van der Waals surface area contributed by atoms with Crippen molar-refractivity contribution >= 4 is 32.5 Å². The number of aromatic nitrogens is 1. The molecule has 34 heavy (non-hydrogen) atoms. The Bertz CT molecular complexity index is 1350. The Morgan fingerprint density at radius 3 is 2.50 bits per heavy atom. The second-order valence-corrected chi connectivity index (χ2v) is 10.6. The summed E-state index contributed by atoms with van der Waals surface area (Å²) in [7, 11) is 0.0666. The molecule has 1 aromatic heterocycles. The fraction of sp³-hybridized carbons (Fsp3) is 0.360. The lowest BCUT2D eigenvalue weighted by atomic mass is 10.1. The monoisotopic (exact) mass is 482 g/mol. The van der Waals surface area contributed by atoms with Crippen LogP contribution in [0, 0.1) is 0 Å². The van der Waals surface area contributed by atoms with Crippen LogP contribution in [-0.2, 0) is 17.1 Å². The summed E-state index contributed by atoms with van der Waals surface area (Å²) in [5, 5.41) is 3.04. The summed E-state index contributed by atoms with van der Waals surface area (Å²) in [4.78, 5) is 28.1. The molecule has 3 aromatic rings. The molecule has 0 spiro atoms. The van der Waals surface area contributed by atoms with Gasteiger partial charge in [-0.15, -0.1) is 0 Å². The third-order valence-corrected chi connectivity index (χ3v) is 8.15. The van der Waals surface area contributed by atoms with Crippen molar-refractivity contribution < 1.29 is 13.2 Å². The van der Waals surface area contributed by atoms with Gasteiger partial charge in [0.05, 0.1) is 10.4 Å². The van der Waals surface area contributed by atoms with Gasteiger partial charge >= 0.3 is 0 Å². The molecule has 1 aliphatic heterocycles. The van der Waals surface area contributed by atoms with Crippen molar-refractivity contribution in [1.29, 1.82) is 0 Å². The zero-order valence-electron chi connectivity index (χ0n) is 19.5. The van der Waals surface area contributed by atoms with Gasteiger partial charge in [0.15, 0.2) is 0 Å². The van der Waals surface area contributed by atoms with Crippen LogP contribution in [0.5, 0.6) is 0 Å². The molecule has 1 N–H and O–H groups in total. The van der Waals surface area contributed by atoms with Crippen LogP contribution in [0.2, 0.25) is 0 Å². The quantitative estimate of drug-likeness (QED) is 0.499. The van der Waals surface area contributed by atoms with E-state index in [0.717, 1.165) is 25.1 Å². The number of rotatable bonds is 8. The fourth-order valence-corrected chi connectivity index (χ4v) is 5.84. The summed E-state index contributed by atoms with van der Waals surface area (Å²) < 4.78 is 29.0. The minimum Gasteiger partial charge on any atom is -0.375 e. The molecule has 2 heterocycles. The molecule has 4 rings (SSSR count). The van der Waals surface area contributed by atoms with Crippen LogP contribution in [0.25, 0.3) is 10.9 Å². The third kappa shape index (κ3) is 4.85. The predicted molar refractivity (Wildman–Crippen MR) is 134 cm³/mol. The van der Waals surface area contributed by atoms with E-state index in [4.69, 9.17) is 0 Å². The van der Waals surface area contributed by atoms with E-state index in [9.17, 15) is 18.0 Å². The molecule has 2 aromatic carbocycles. The number of carbonyl (C=O) groups excluding carboxylic acids is 1. The standard InChI is InChI=1S/C25H30N4O4S/c1-27(19-9-4-3-5-10-19)14-8-13-26-25(31)22-18-28(2)23-12-11-20(17-21(23)24(22)30)34(32,33)29-15-6-7-16-29/h3-5,9-12,17-18H,6-8,13-16H2,1-2H3,(H,26,31). The van der Waals surface area contributed by atoms with Crippen molar-refractivity contribution in [3.63, 3.8) is 0 Å². The van der Waals surface area contributed by atoms with Gasteiger partial charge in [-0.1, -0.05) is 18.2 Å². The molecule has 0 aliphatic carbocycles. The van der Waals surface area contributed by atoms with Crippen molar-refractivity contribution in [2.45, 2.75) is 24.2 Å². The van der Waals surface area contributed by atoms with Gasteiger partial charge in [-0.2, -0.15) is 4.31 Å². The van der Waals surface area contributed by atoms with E-state index in [1.54, 1.807) is 17.7 Å². The first-order valence-corrected chi connectivity index (χ1v) is 12.9. The Hall–Kier alpha value is -3.17. The van der Waals surface area contributed by atoms with Crippen LogP contribution in [-0.4, -0.2) is 56.4 Å². The highest BCUT2D eigenvalue weighted by Crippen LogP contribution is 2.23. The zero-order chi connectivity index (χ0) is 24.3. The number of para-hydroxylation sites is 1. The number of nitrogens with zero attached hydrogens (tertiary/aromatic N) is 3. The molecule has 0 unspecified atom stereocenters. The van der Waals surface area contributed by atoms with Crippen LogP contribution >= 0.6 is 0 Å². The van der Waals surface area contributed by atoms with E-state index in [-0.39, 0.29) is 15.8 Å². The van der Waals surface area contributed by atoms with E-state index in [1.165, 1.54) is 22.6 Å².